The monoisotopic (exact) mass is 266 g/mol. The quantitative estimate of drug-likeness (QED) is 0.380. The standard InChI is InChI=1S/C12H14N2O5/c1-8(6-12(15)19-3)13-9-4-5-10(14(16)17)11(7-9)18-2/h4-7,13H,1-3H3/b8-6+. The molecule has 1 aromatic carbocycles. The highest BCUT2D eigenvalue weighted by molar-refractivity contribution is 5.83. The lowest BCUT2D eigenvalue weighted by molar-refractivity contribution is -0.385. The average molecular weight is 266 g/mol. The van der Waals surface area contributed by atoms with Crippen LogP contribution in [0, 0.1) is 10.1 Å². The van der Waals surface area contributed by atoms with Crippen LogP contribution in [0.5, 0.6) is 5.75 Å². The van der Waals surface area contributed by atoms with E-state index in [0.29, 0.717) is 11.4 Å². The van der Waals surface area contributed by atoms with Crippen molar-refractivity contribution in [2.75, 3.05) is 19.5 Å². The van der Waals surface area contributed by atoms with Crippen molar-refractivity contribution in [1.82, 2.24) is 0 Å². The first-order chi connectivity index (χ1) is 8.97. The highest BCUT2D eigenvalue weighted by Crippen LogP contribution is 2.30. The molecule has 0 aliphatic rings. The summed E-state index contributed by atoms with van der Waals surface area (Å²) in [5.41, 5.74) is 0.991. The maximum absolute atomic E-state index is 11.0. The van der Waals surface area contributed by atoms with Crippen LogP contribution in [-0.2, 0) is 9.53 Å². The average Bonchev–Trinajstić information content (AvgIpc) is 2.37. The fourth-order valence-corrected chi connectivity index (χ4v) is 1.41. The molecule has 0 saturated heterocycles. The molecule has 0 saturated carbocycles. The second kappa shape index (κ2) is 6.39. The lowest BCUT2D eigenvalue weighted by Crippen LogP contribution is -2.02. The van der Waals surface area contributed by atoms with Crippen molar-refractivity contribution in [3.8, 4) is 5.75 Å². The molecule has 19 heavy (non-hydrogen) atoms. The van der Waals surface area contributed by atoms with Crippen molar-refractivity contribution in [3.63, 3.8) is 0 Å². The van der Waals surface area contributed by atoms with E-state index in [9.17, 15) is 14.9 Å². The Kier molecular flexibility index (Phi) is 4.87. The van der Waals surface area contributed by atoms with Crippen molar-refractivity contribution < 1.29 is 19.2 Å². The highest BCUT2D eigenvalue weighted by atomic mass is 16.6. The van der Waals surface area contributed by atoms with Gasteiger partial charge in [-0.1, -0.05) is 0 Å². The van der Waals surface area contributed by atoms with E-state index < -0.39 is 10.9 Å². The number of methoxy groups -OCH3 is 2. The Bertz CT molecular complexity index is 525. The zero-order valence-electron chi connectivity index (χ0n) is 10.8. The summed E-state index contributed by atoms with van der Waals surface area (Å²) in [5.74, 6) is -0.347. The second-order valence-corrected chi connectivity index (χ2v) is 3.62. The summed E-state index contributed by atoms with van der Waals surface area (Å²) >= 11 is 0. The van der Waals surface area contributed by atoms with E-state index in [1.165, 1.54) is 38.5 Å². The summed E-state index contributed by atoms with van der Waals surface area (Å²) < 4.78 is 9.42. The molecule has 0 amide bonds. The minimum atomic E-state index is -0.528. The summed E-state index contributed by atoms with van der Waals surface area (Å²) in [5, 5.41) is 13.6. The topological polar surface area (TPSA) is 90.7 Å². The molecule has 7 heteroatoms. The van der Waals surface area contributed by atoms with Crippen LogP contribution in [0.4, 0.5) is 11.4 Å². The van der Waals surface area contributed by atoms with Crippen LogP contribution in [0.15, 0.2) is 30.0 Å². The van der Waals surface area contributed by atoms with Gasteiger partial charge in [0, 0.05) is 29.6 Å². The molecule has 0 atom stereocenters. The number of carbonyl (C=O) groups excluding carboxylic acids is 1. The number of nitro benzene ring substituents is 1. The number of rotatable bonds is 5. The van der Waals surface area contributed by atoms with Gasteiger partial charge in [0.15, 0.2) is 5.75 Å². The minimum absolute atomic E-state index is 0.123. The first kappa shape index (κ1) is 14.5. The molecule has 0 aliphatic carbocycles. The summed E-state index contributed by atoms with van der Waals surface area (Å²) in [6.07, 6.45) is 1.27. The van der Waals surface area contributed by atoms with Gasteiger partial charge in [-0.15, -0.1) is 0 Å². The molecule has 0 aromatic heterocycles. The highest BCUT2D eigenvalue weighted by Gasteiger charge is 2.14. The van der Waals surface area contributed by atoms with Gasteiger partial charge in [0.2, 0.25) is 0 Å². The molecule has 7 nitrogen and oxygen atoms in total. The van der Waals surface area contributed by atoms with Crippen molar-refractivity contribution in [1.29, 1.82) is 0 Å². The molecule has 0 heterocycles. The molecular weight excluding hydrogens is 252 g/mol. The maximum Gasteiger partial charge on any atom is 0.332 e. The zero-order valence-corrected chi connectivity index (χ0v) is 10.8. The molecule has 1 N–H and O–H groups in total. The smallest absolute Gasteiger partial charge is 0.332 e. The largest absolute Gasteiger partial charge is 0.490 e. The SMILES string of the molecule is COC(=O)/C=C(\C)Nc1ccc([N+](=O)[O-])c(OC)c1. The number of nitro groups is 1. The van der Waals surface area contributed by atoms with Crippen LogP contribution < -0.4 is 10.1 Å². The Balaban J connectivity index is 2.95. The van der Waals surface area contributed by atoms with Gasteiger partial charge in [-0.05, 0) is 13.0 Å². The van der Waals surface area contributed by atoms with Crippen LogP contribution in [0.3, 0.4) is 0 Å². The number of carbonyl (C=O) groups is 1. The second-order valence-electron chi connectivity index (χ2n) is 3.62. The fraction of sp³-hybridized carbons (Fsp3) is 0.250. The molecule has 0 bridgehead atoms. The number of hydrogen-bond donors (Lipinski definition) is 1. The Hall–Kier alpha value is -2.57. The molecule has 102 valence electrons. The van der Waals surface area contributed by atoms with Gasteiger partial charge in [0.25, 0.3) is 0 Å². The van der Waals surface area contributed by atoms with E-state index in [2.05, 4.69) is 10.1 Å². The van der Waals surface area contributed by atoms with Crippen LogP contribution in [-0.4, -0.2) is 25.1 Å². The Labute approximate surface area is 110 Å². The first-order valence-corrected chi connectivity index (χ1v) is 5.33. The first-order valence-electron chi connectivity index (χ1n) is 5.33. The van der Waals surface area contributed by atoms with Crippen LogP contribution in [0.1, 0.15) is 6.92 Å². The molecular formula is C12H14N2O5. The summed E-state index contributed by atoms with van der Waals surface area (Å²) in [6, 6.07) is 4.33. The van der Waals surface area contributed by atoms with E-state index in [0.717, 1.165) is 0 Å². The molecule has 0 unspecified atom stereocenters. The van der Waals surface area contributed by atoms with E-state index in [1.807, 2.05) is 0 Å². The van der Waals surface area contributed by atoms with Gasteiger partial charge < -0.3 is 14.8 Å². The van der Waals surface area contributed by atoms with Gasteiger partial charge >= 0.3 is 11.7 Å². The normalized spacial score (nSPS) is 10.8. The number of esters is 1. The number of anilines is 1. The van der Waals surface area contributed by atoms with Crippen LogP contribution in [0.25, 0.3) is 0 Å². The lowest BCUT2D eigenvalue weighted by atomic mass is 10.2. The Morgan fingerprint density at radius 1 is 1.42 bits per heavy atom. The van der Waals surface area contributed by atoms with Crippen molar-refractivity contribution in [2.24, 2.45) is 0 Å². The predicted molar refractivity (Wildman–Crippen MR) is 69.0 cm³/mol. The Morgan fingerprint density at radius 2 is 2.11 bits per heavy atom. The van der Waals surface area contributed by atoms with Gasteiger partial charge in [0.1, 0.15) is 0 Å². The van der Waals surface area contributed by atoms with Crippen molar-refractivity contribution in [2.45, 2.75) is 6.92 Å². The predicted octanol–water partition coefficient (Wildman–Crippen LogP) is 2.09. The maximum atomic E-state index is 11.0. The number of nitrogens with zero attached hydrogens (tertiary/aromatic N) is 1. The van der Waals surface area contributed by atoms with Crippen molar-refractivity contribution in [3.05, 3.63) is 40.1 Å². The Morgan fingerprint density at radius 3 is 2.63 bits per heavy atom. The number of nitrogens with one attached hydrogen (secondary N) is 1. The third-order valence-electron chi connectivity index (χ3n) is 2.25. The van der Waals surface area contributed by atoms with E-state index in [4.69, 9.17) is 4.74 Å². The van der Waals surface area contributed by atoms with E-state index in [1.54, 1.807) is 6.92 Å². The summed E-state index contributed by atoms with van der Waals surface area (Å²) in [4.78, 5) is 21.2. The van der Waals surface area contributed by atoms with Gasteiger partial charge in [-0.2, -0.15) is 0 Å². The molecule has 0 radical (unpaired) electrons. The molecule has 0 fully saturated rings. The minimum Gasteiger partial charge on any atom is -0.490 e. The van der Waals surface area contributed by atoms with E-state index in [-0.39, 0.29) is 11.4 Å². The van der Waals surface area contributed by atoms with Crippen molar-refractivity contribution >= 4 is 17.3 Å². The van der Waals surface area contributed by atoms with Gasteiger partial charge in [0.05, 0.1) is 19.1 Å². The number of benzene rings is 1. The summed E-state index contributed by atoms with van der Waals surface area (Å²) in [6.45, 7) is 1.67. The lowest BCUT2D eigenvalue weighted by Gasteiger charge is -2.08. The third kappa shape index (κ3) is 3.98. The zero-order chi connectivity index (χ0) is 14.4. The van der Waals surface area contributed by atoms with Crippen LogP contribution in [0.2, 0.25) is 0 Å². The van der Waals surface area contributed by atoms with Gasteiger partial charge in [-0.3, -0.25) is 10.1 Å². The fourth-order valence-electron chi connectivity index (χ4n) is 1.41. The molecule has 0 aliphatic heterocycles. The molecule has 0 spiro atoms. The molecule has 1 rings (SSSR count). The molecule has 1 aromatic rings. The third-order valence-corrected chi connectivity index (χ3v) is 2.25. The number of allylic oxidation sites excluding steroid dienone is 1. The van der Waals surface area contributed by atoms with E-state index >= 15 is 0 Å². The van der Waals surface area contributed by atoms with Gasteiger partial charge in [-0.25, -0.2) is 4.79 Å². The number of ether oxygens (including phenoxy) is 2. The summed E-state index contributed by atoms with van der Waals surface area (Å²) in [7, 11) is 2.63. The number of hydrogen-bond acceptors (Lipinski definition) is 6. The van der Waals surface area contributed by atoms with Crippen LogP contribution >= 0.6 is 0 Å².